The van der Waals surface area contributed by atoms with Crippen molar-refractivity contribution in [1.29, 1.82) is 5.26 Å². The number of nitrogens with one attached hydrogen (secondary N) is 1. The molecule has 0 saturated carbocycles. The van der Waals surface area contributed by atoms with Gasteiger partial charge in [0.2, 0.25) is 0 Å². The molecule has 0 fully saturated rings. The second kappa shape index (κ2) is 5.50. The summed E-state index contributed by atoms with van der Waals surface area (Å²) in [5.41, 5.74) is 0.945. The number of carbonyl (C=O) groups is 1. The highest BCUT2D eigenvalue weighted by Gasteiger charge is 2.23. The first kappa shape index (κ1) is 11.7. The molecule has 0 radical (unpaired) electrons. The summed E-state index contributed by atoms with van der Waals surface area (Å²) < 4.78 is 0. The van der Waals surface area contributed by atoms with Crippen LogP contribution < -0.4 is 5.32 Å². The lowest BCUT2D eigenvalue weighted by molar-refractivity contribution is -0.107. The molecule has 0 aliphatic heterocycles. The van der Waals surface area contributed by atoms with Crippen LogP contribution in [-0.4, -0.2) is 17.8 Å². The van der Waals surface area contributed by atoms with E-state index in [1.165, 1.54) is 6.08 Å². The summed E-state index contributed by atoms with van der Waals surface area (Å²) in [6.07, 6.45) is 10.0. The van der Waals surface area contributed by atoms with Crippen molar-refractivity contribution < 1.29 is 4.79 Å². The van der Waals surface area contributed by atoms with Gasteiger partial charge in [0.15, 0.2) is 0 Å². The molecule has 0 aromatic heterocycles. The summed E-state index contributed by atoms with van der Waals surface area (Å²) >= 11 is 6.16. The molecule has 0 aromatic rings. The summed E-state index contributed by atoms with van der Waals surface area (Å²) in [4.78, 5) is 9.51. The number of nitriles is 1. The molecule has 78 valence electrons. The molecule has 3 nitrogen and oxygen atoms in total. The molecule has 1 N–H and O–H groups in total. The molecule has 0 heterocycles. The third-order valence-electron chi connectivity index (χ3n) is 2.00. The molecule has 0 aromatic carbocycles. The first-order chi connectivity index (χ1) is 7.20. The van der Waals surface area contributed by atoms with Crippen molar-refractivity contribution in [2.45, 2.75) is 11.4 Å². The Kier molecular flexibility index (Phi) is 4.29. The number of rotatable bonds is 4. The van der Waals surface area contributed by atoms with Gasteiger partial charge in [0, 0.05) is 12.5 Å². The second-order valence-corrected chi connectivity index (χ2v) is 3.79. The molecule has 1 rings (SSSR count). The van der Waals surface area contributed by atoms with Gasteiger partial charge in [0.25, 0.3) is 0 Å². The van der Waals surface area contributed by atoms with E-state index in [4.69, 9.17) is 16.9 Å². The van der Waals surface area contributed by atoms with Gasteiger partial charge in [-0.2, -0.15) is 5.26 Å². The SMILES string of the molecule is N#CC=CC1=CCC(Cl)(NCC=O)C=C1. The Labute approximate surface area is 93.7 Å². The van der Waals surface area contributed by atoms with Crippen LogP contribution in [0.15, 0.2) is 36.0 Å². The van der Waals surface area contributed by atoms with Gasteiger partial charge in [-0.25, -0.2) is 0 Å². The third kappa shape index (κ3) is 3.70. The molecule has 0 amide bonds. The third-order valence-corrected chi connectivity index (χ3v) is 2.42. The van der Waals surface area contributed by atoms with E-state index in [9.17, 15) is 4.79 Å². The fourth-order valence-corrected chi connectivity index (χ4v) is 1.45. The number of carbonyl (C=O) groups excluding carboxylic acids is 1. The van der Waals surface area contributed by atoms with Crippen LogP contribution in [0.25, 0.3) is 0 Å². The van der Waals surface area contributed by atoms with Gasteiger partial charge < -0.3 is 4.79 Å². The van der Waals surface area contributed by atoms with E-state index in [0.717, 1.165) is 11.9 Å². The maximum absolute atomic E-state index is 10.2. The van der Waals surface area contributed by atoms with Crippen molar-refractivity contribution >= 4 is 17.9 Å². The van der Waals surface area contributed by atoms with Gasteiger partial charge in [0.1, 0.15) is 11.3 Å². The zero-order valence-corrected chi connectivity index (χ0v) is 8.87. The lowest BCUT2D eigenvalue weighted by atomic mass is 10.0. The van der Waals surface area contributed by atoms with Gasteiger partial charge in [-0.3, -0.25) is 5.32 Å². The zero-order valence-electron chi connectivity index (χ0n) is 8.11. The highest BCUT2D eigenvalue weighted by Crippen LogP contribution is 2.25. The van der Waals surface area contributed by atoms with E-state index in [0.29, 0.717) is 6.42 Å². The van der Waals surface area contributed by atoms with Gasteiger partial charge >= 0.3 is 0 Å². The van der Waals surface area contributed by atoms with Crippen molar-refractivity contribution in [1.82, 2.24) is 5.32 Å². The van der Waals surface area contributed by atoms with Gasteiger partial charge in [-0.1, -0.05) is 23.8 Å². The lowest BCUT2D eigenvalue weighted by Crippen LogP contribution is -2.39. The van der Waals surface area contributed by atoms with E-state index >= 15 is 0 Å². The van der Waals surface area contributed by atoms with Gasteiger partial charge in [-0.05, 0) is 17.7 Å². The number of halogens is 1. The average molecular weight is 223 g/mol. The van der Waals surface area contributed by atoms with Crippen LogP contribution >= 0.6 is 11.6 Å². The summed E-state index contributed by atoms with van der Waals surface area (Å²) in [6, 6.07) is 1.92. The molecule has 15 heavy (non-hydrogen) atoms. The minimum absolute atomic E-state index is 0.227. The van der Waals surface area contributed by atoms with Crippen molar-refractivity contribution in [3.05, 3.63) is 36.0 Å². The molecule has 1 aliphatic rings. The number of aldehydes is 1. The van der Waals surface area contributed by atoms with E-state index < -0.39 is 5.00 Å². The van der Waals surface area contributed by atoms with Gasteiger partial charge in [0.05, 0.1) is 12.6 Å². The number of alkyl halides is 1. The predicted octanol–water partition coefficient (Wildman–Crippen LogP) is 1.68. The largest absolute Gasteiger partial charge is 0.302 e. The quantitative estimate of drug-likeness (QED) is 0.341. The van der Waals surface area contributed by atoms with Crippen LogP contribution in [0.4, 0.5) is 0 Å². The van der Waals surface area contributed by atoms with Crippen LogP contribution in [0.1, 0.15) is 6.42 Å². The van der Waals surface area contributed by atoms with Crippen LogP contribution in [0.5, 0.6) is 0 Å². The molecule has 0 saturated heterocycles. The number of hydrogen-bond acceptors (Lipinski definition) is 3. The lowest BCUT2D eigenvalue weighted by Gasteiger charge is -2.25. The normalized spacial score (nSPS) is 24.9. The molecule has 1 atom stereocenters. The van der Waals surface area contributed by atoms with E-state index in [1.807, 2.05) is 18.2 Å². The van der Waals surface area contributed by atoms with Crippen LogP contribution in [0.3, 0.4) is 0 Å². The highest BCUT2D eigenvalue weighted by molar-refractivity contribution is 6.25. The first-order valence-corrected chi connectivity index (χ1v) is 4.91. The number of hydrogen-bond donors (Lipinski definition) is 1. The summed E-state index contributed by atoms with van der Waals surface area (Å²) in [5, 5.41) is 11.3. The minimum Gasteiger partial charge on any atom is -0.302 e. The van der Waals surface area contributed by atoms with E-state index in [1.54, 1.807) is 12.2 Å². The van der Waals surface area contributed by atoms with E-state index in [-0.39, 0.29) is 6.54 Å². The maximum atomic E-state index is 10.2. The van der Waals surface area contributed by atoms with Crippen LogP contribution in [-0.2, 0) is 4.79 Å². The summed E-state index contributed by atoms with van der Waals surface area (Å²) in [7, 11) is 0. The Morgan fingerprint density at radius 3 is 3.07 bits per heavy atom. The Bertz CT molecular complexity index is 365. The smallest absolute Gasteiger partial charge is 0.133 e. The van der Waals surface area contributed by atoms with Gasteiger partial charge in [-0.15, -0.1) is 0 Å². The average Bonchev–Trinajstić information content (AvgIpc) is 2.26. The van der Waals surface area contributed by atoms with Crippen molar-refractivity contribution in [3.63, 3.8) is 0 Å². The summed E-state index contributed by atoms with van der Waals surface area (Å²) in [5.74, 6) is 0. The first-order valence-electron chi connectivity index (χ1n) is 4.53. The Balaban J connectivity index is 2.58. The zero-order chi connectivity index (χ0) is 11.1. The molecular weight excluding hydrogens is 212 g/mol. The van der Waals surface area contributed by atoms with Crippen molar-refractivity contribution in [2.75, 3.05) is 6.54 Å². The fraction of sp³-hybridized carbons (Fsp3) is 0.273. The van der Waals surface area contributed by atoms with Crippen molar-refractivity contribution in [2.24, 2.45) is 0 Å². The maximum Gasteiger partial charge on any atom is 0.133 e. The Morgan fingerprint density at radius 1 is 1.73 bits per heavy atom. The van der Waals surface area contributed by atoms with Crippen molar-refractivity contribution in [3.8, 4) is 6.07 Å². The molecule has 1 unspecified atom stereocenters. The van der Waals surface area contributed by atoms with E-state index in [2.05, 4.69) is 5.32 Å². The Morgan fingerprint density at radius 2 is 2.53 bits per heavy atom. The molecule has 4 heteroatoms. The Hall–Kier alpha value is -1.37. The topological polar surface area (TPSA) is 52.9 Å². The number of nitrogens with zero attached hydrogens (tertiary/aromatic N) is 1. The fourth-order valence-electron chi connectivity index (χ4n) is 1.23. The molecule has 0 bridgehead atoms. The number of allylic oxidation sites excluding steroid dienone is 4. The predicted molar refractivity (Wildman–Crippen MR) is 59.2 cm³/mol. The monoisotopic (exact) mass is 222 g/mol. The second-order valence-electron chi connectivity index (χ2n) is 3.11. The standard InChI is InChI=1S/C11H11ClN2O/c12-11(14-8-9-15)5-3-10(4-6-11)2-1-7-13/h1-5,9,14H,6,8H2. The molecule has 1 aliphatic carbocycles. The van der Waals surface area contributed by atoms with Crippen LogP contribution in [0.2, 0.25) is 0 Å². The minimum atomic E-state index is -0.676. The van der Waals surface area contributed by atoms with Crippen LogP contribution in [0, 0.1) is 11.3 Å². The summed E-state index contributed by atoms with van der Waals surface area (Å²) in [6.45, 7) is 0.227. The highest BCUT2D eigenvalue weighted by atomic mass is 35.5. The molecule has 0 spiro atoms. The molecular formula is C11H11ClN2O.